The van der Waals surface area contributed by atoms with Gasteiger partial charge in [-0.05, 0) is 24.3 Å². The molecular weight excluding hydrogens is 375 g/mol. The number of hydrogen-bond acceptors (Lipinski definition) is 5. The lowest BCUT2D eigenvalue weighted by Gasteiger charge is -2.15. The first-order valence-electron chi connectivity index (χ1n) is 7.71. The molecule has 7 nitrogen and oxygen atoms in total. The Morgan fingerprint density at radius 2 is 2.00 bits per heavy atom. The summed E-state index contributed by atoms with van der Waals surface area (Å²) in [4.78, 5) is -0.150. The fraction of sp³-hybridized carbons (Fsp3) is 0.400. The molecule has 0 amide bonds. The van der Waals surface area contributed by atoms with Crippen LogP contribution < -0.4 is 9.46 Å². The van der Waals surface area contributed by atoms with E-state index in [-0.39, 0.29) is 11.4 Å². The summed E-state index contributed by atoms with van der Waals surface area (Å²) < 4.78 is 74.0. The lowest BCUT2D eigenvalue weighted by molar-refractivity contribution is -0.274. The molecule has 1 aromatic heterocycles. The number of hydrogen-bond donors (Lipinski definition) is 1. The summed E-state index contributed by atoms with van der Waals surface area (Å²) in [5, 5.41) is 4.21. The van der Waals surface area contributed by atoms with Crippen LogP contribution in [0.4, 0.5) is 13.2 Å². The molecule has 1 aliphatic heterocycles. The van der Waals surface area contributed by atoms with Gasteiger partial charge in [0.25, 0.3) is 0 Å². The summed E-state index contributed by atoms with van der Waals surface area (Å²) in [6.45, 7) is 1.52. The van der Waals surface area contributed by atoms with Crippen LogP contribution in [0.5, 0.6) is 5.75 Å². The highest BCUT2D eigenvalue weighted by Gasteiger charge is 2.31. The third-order valence-electron chi connectivity index (χ3n) is 3.76. The van der Waals surface area contributed by atoms with Gasteiger partial charge in [0.1, 0.15) is 5.75 Å². The minimum atomic E-state index is -4.83. The van der Waals surface area contributed by atoms with Crippen LogP contribution in [0.1, 0.15) is 11.3 Å². The summed E-state index contributed by atoms with van der Waals surface area (Å²) in [5.41, 5.74) is 2.00. The highest BCUT2D eigenvalue weighted by atomic mass is 32.2. The van der Waals surface area contributed by atoms with E-state index in [4.69, 9.17) is 4.74 Å². The zero-order valence-corrected chi connectivity index (χ0v) is 14.3. The van der Waals surface area contributed by atoms with Gasteiger partial charge in [0.2, 0.25) is 10.0 Å². The molecule has 0 saturated heterocycles. The van der Waals surface area contributed by atoms with Gasteiger partial charge in [-0.1, -0.05) is 0 Å². The van der Waals surface area contributed by atoms with Gasteiger partial charge in [0.15, 0.2) is 0 Å². The molecule has 1 N–H and O–H groups in total. The van der Waals surface area contributed by atoms with E-state index < -0.39 is 22.1 Å². The molecule has 0 fully saturated rings. The number of alkyl halides is 3. The fourth-order valence-corrected chi connectivity index (χ4v) is 3.61. The van der Waals surface area contributed by atoms with E-state index in [2.05, 4.69) is 14.6 Å². The van der Waals surface area contributed by atoms with Gasteiger partial charge >= 0.3 is 6.36 Å². The van der Waals surface area contributed by atoms with Crippen molar-refractivity contribution in [3.8, 4) is 5.75 Å². The maximum absolute atomic E-state index is 12.2. The molecule has 1 aromatic carbocycles. The van der Waals surface area contributed by atoms with Crippen molar-refractivity contribution in [2.75, 3.05) is 13.2 Å². The minimum absolute atomic E-state index is 0.0954. The van der Waals surface area contributed by atoms with Crippen LogP contribution in [0.2, 0.25) is 0 Å². The van der Waals surface area contributed by atoms with Crippen LogP contribution in [0.3, 0.4) is 0 Å². The summed E-state index contributed by atoms with van der Waals surface area (Å²) in [7, 11) is -3.85. The molecule has 3 rings (SSSR count). The fourth-order valence-electron chi connectivity index (χ4n) is 2.59. The Morgan fingerprint density at radius 3 is 2.69 bits per heavy atom. The van der Waals surface area contributed by atoms with Crippen molar-refractivity contribution in [3.63, 3.8) is 0 Å². The Bertz CT molecular complexity index is 863. The van der Waals surface area contributed by atoms with E-state index in [0.717, 1.165) is 35.5 Å². The number of ether oxygens (including phenoxy) is 2. The quantitative estimate of drug-likeness (QED) is 0.813. The Balaban J connectivity index is 1.59. The molecule has 142 valence electrons. The smallest absolute Gasteiger partial charge is 0.406 e. The first-order valence-corrected chi connectivity index (χ1v) is 9.20. The van der Waals surface area contributed by atoms with Crippen molar-refractivity contribution in [3.05, 3.63) is 41.7 Å². The van der Waals surface area contributed by atoms with Crippen LogP contribution in [0, 0.1) is 0 Å². The van der Waals surface area contributed by atoms with Gasteiger partial charge in [-0.3, -0.25) is 4.68 Å². The van der Waals surface area contributed by atoms with Crippen LogP contribution in [-0.4, -0.2) is 37.7 Å². The molecule has 2 aromatic rings. The maximum Gasteiger partial charge on any atom is 0.573 e. The van der Waals surface area contributed by atoms with Gasteiger partial charge in [0.05, 0.1) is 30.9 Å². The SMILES string of the molecule is O=S(=O)(NCCn1ncc2c1CCOC2)c1ccc(OC(F)(F)F)cc1. The molecule has 11 heteroatoms. The van der Waals surface area contributed by atoms with Crippen molar-refractivity contribution in [2.24, 2.45) is 0 Å². The molecule has 1 aliphatic rings. The van der Waals surface area contributed by atoms with E-state index in [1.807, 2.05) is 0 Å². The van der Waals surface area contributed by atoms with Crippen molar-refractivity contribution >= 4 is 10.0 Å². The van der Waals surface area contributed by atoms with Crippen LogP contribution >= 0.6 is 0 Å². The van der Waals surface area contributed by atoms with Gasteiger partial charge < -0.3 is 9.47 Å². The third-order valence-corrected chi connectivity index (χ3v) is 5.24. The summed E-state index contributed by atoms with van der Waals surface area (Å²) >= 11 is 0. The van der Waals surface area contributed by atoms with E-state index in [1.54, 1.807) is 10.9 Å². The Labute approximate surface area is 147 Å². The highest BCUT2D eigenvalue weighted by Crippen LogP contribution is 2.23. The third kappa shape index (κ3) is 4.54. The van der Waals surface area contributed by atoms with Gasteiger partial charge in [-0.15, -0.1) is 13.2 Å². The zero-order chi connectivity index (χ0) is 18.8. The molecule has 0 saturated carbocycles. The number of halogens is 3. The molecule has 0 radical (unpaired) electrons. The predicted molar refractivity (Wildman–Crippen MR) is 83.9 cm³/mol. The Kier molecular flexibility index (Phi) is 5.21. The second kappa shape index (κ2) is 7.25. The lowest BCUT2D eigenvalue weighted by Crippen LogP contribution is -2.28. The average molecular weight is 391 g/mol. The molecule has 0 aliphatic carbocycles. The summed E-state index contributed by atoms with van der Waals surface area (Å²) in [6.07, 6.45) is -2.42. The topological polar surface area (TPSA) is 82.5 Å². The Hall–Kier alpha value is -2.11. The van der Waals surface area contributed by atoms with Crippen molar-refractivity contribution in [2.45, 2.75) is 30.8 Å². The van der Waals surface area contributed by atoms with E-state index in [0.29, 0.717) is 26.2 Å². The van der Waals surface area contributed by atoms with Crippen LogP contribution in [0.25, 0.3) is 0 Å². The van der Waals surface area contributed by atoms with E-state index >= 15 is 0 Å². The van der Waals surface area contributed by atoms with Crippen LogP contribution in [0.15, 0.2) is 35.4 Å². The van der Waals surface area contributed by atoms with Crippen molar-refractivity contribution in [1.29, 1.82) is 0 Å². The normalized spacial score (nSPS) is 14.9. The molecule has 2 heterocycles. The monoisotopic (exact) mass is 391 g/mol. The molecular formula is C15H16F3N3O4S. The van der Waals surface area contributed by atoms with Gasteiger partial charge in [-0.25, -0.2) is 13.1 Å². The number of fused-ring (bicyclic) bond motifs is 1. The number of rotatable bonds is 6. The molecule has 0 atom stereocenters. The lowest BCUT2D eigenvalue weighted by atomic mass is 10.2. The van der Waals surface area contributed by atoms with E-state index in [1.165, 1.54) is 0 Å². The number of benzene rings is 1. The Morgan fingerprint density at radius 1 is 1.27 bits per heavy atom. The number of nitrogens with one attached hydrogen (secondary N) is 1. The van der Waals surface area contributed by atoms with Gasteiger partial charge in [-0.2, -0.15) is 5.10 Å². The molecule has 26 heavy (non-hydrogen) atoms. The summed E-state index contributed by atoms with van der Waals surface area (Å²) in [5.74, 6) is -0.484. The molecule has 0 spiro atoms. The standard InChI is InChI=1S/C15H16F3N3O4S/c16-15(17,18)25-12-1-3-13(4-2-12)26(22,23)20-6-7-21-14-5-8-24-10-11(14)9-19-21/h1-4,9,20H,5-8,10H2. The maximum atomic E-state index is 12.2. The first kappa shape index (κ1) is 18.7. The van der Waals surface area contributed by atoms with E-state index in [9.17, 15) is 21.6 Å². The predicted octanol–water partition coefficient (Wildman–Crippen LogP) is 1.83. The minimum Gasteiger partial charge on any atom is -0.406 e. The van der Waals surface area contributed by atoms with Crippen LogP contribution in [-0.2, 0) is 34.3 Å². The highest BCUT2D eigenvalue weighted by molar-refractivity contribution is 7.89. The largest absolute Gasteiger partial charge is 0.573 e. The first-order chi connectivity index (χ1) is 12.2. The van der Waals surface area contributed by atoms with Crippen molar-refractivity contribution < 1.29 is 31.1 Å². The van der Waals surface area contributed by atoms with Crippen molar-refractivity contribution in [1.82, 2.24) is 14.5 Å². The summed E-state index contributed by atoms with van der Waals surface area (Å²) in [6, 6.07) is 4.00. The molecule has 0 unspecified atom stereocenters. The second-order valence-corrected chi connectivity index (χ2v) is 7.33. The zero-order valence-electron chi connectivity index (χ0n) is 13.5. The van der Waals surface area contributed by atoms with Gasteiger partial charge in [0, 0.05) is 24.2 Å². The number of nitrogens with zero attached hydrogens (tertiary/aromatic N) is 2. The second-order valence-electron chi connectivity index (χ2n) is 5.56. The number of sulfonamides is 1. The number of aromatic nitrogens is 2. The molecule has 0 bridgehead atoms. The average Bonchev–Trinajstić information content (AvgIpc) is 2.97.